The maximum Gasteiger partial charge on any atom is 0.319 e. The van der Waals surface area contributed by atoms with E-state index in [2.05, 4.69) is 10.3 Å². The maximum absolute atomic E-state index is 11.7. The Bertz CT molecular complexity index is 381. The Morgan fingerprint density at radius 3 is 2.73 bits per heavy atom. The molecule has 1 aliphatic rings. The van der Waals surface area contributed by atoms with Crippen molar-refractivity contribution in [3.8, 4) is 0 Å². The quantitative estimate of drug-likeness (QED) is 0.294. The van der Waals surface area contributed by atoms with E-state index >= 15 is 0 Å². The zero-order valence-corrected chi connectivity index (χ0v) is 12.9. The number of carboxylic acids is 1. The molecule has 1 aliphatic heterocycles. The highest BCUT2D eigenvalue weighted by atomic mass is 16.4. The van der Waals surface area contributed by atoms with Crippen LogP contribution >= 0.6 is 0 Å². The molecule has 0 bridgehead atoms. The highest BCUT2D eigenvalue weighted by Crippen LogP contribution is 2.10. The summed E-state index contributed by atoms with van der Waals surface area (Å²) in [7, 11) is 1.46. The highest BCUT2D eigenvalue weighted by Gasteiger charge is 2.23. The summed E-state index contributed by atoms with van der Waals surface area (Å²) < 4.78 is 0. The lowest BCUT2D eigenvalue weighted by atomic mass is 10.1. The molecular formula is C13H27N5O4. The van der Waals surface area contributed by atoms with Crippen LogP contribution in [0.3, 0.4) is 0 Å². The van der Waals surface area contributed by atoms with Crippen LogP contribution in [-0.4, -0.2) is 83.4 Å². The van der Waals surface area contributed by atoms with Gasteiger partial charge in [-0.15, -0.1) is 0 Å². The number of aliphatic hydroxyl groups is 1. The Morgan fingerprint density at radius 1 is 1.50 bits per heavy atom. The van der Waals surface area contributed by atoms with Gasteiger partial charge in [0, 0.05) is 38.6 Å². The third-order valence-corrected chi connectivity index (χ3v) is 3.49. The van der Waals surface area contributed by atoms with Crippen molar-refractivity contribution in [1.82, 2.24) is 15.3 Å². The van der Waals surface area contributed by atoms with Gasteiger partial charge in [-0.2, -0.15) is 0 Å². The number of hydrogen-bond acceptors (Lipinski definition) is 7. The van der Waals surface area contributed by atoms with Crippen LogP contribution in [0.2, 0.25) is 0 Å². The molecule has 1 rings (SSSR count). The van der Waals surface area contributed by atoms with Crippen molar-refractivity contribution in [1.29, 1.82) is 0 Å². The first-order valence-electron chi connectivity index (χ1n) is 7.40. The van der Waals surface area contributed by atoms with Crippen molar-refractivity contribution in [3.63, 3.8) is 0 Å². The first kappa shape index (κ1) is 18.8. The van der Waals surface area contributed by atoms with Gasteiger partial charge >= 0.3 is 5.97 Å². The van der Waals surface area contributed by atoms with Crippen molar-refractivity contribution >= 4 is 11.9 Å². The zero-order valence-electron chi connectivity index (χ0n) is 12.9. The van der Waals surface area contributed by atoms with Crippen LogP contribution in [0.1, 0.15) is 19.3 Å². The lowest BCUT2D eigenvalue weighted by Gasteiger charge is -2.22. The number of likely N-dealkylation sites (N-methyl/N-ethyl adjacent to an activating group) is 1. The van der Waals surface area contributed by atoms with Gasteiger partial charge < -0.3 is 21.7 Å². The van der Waals surface area contributed by atoms with Crippen molar-refractivity contribution in [2.45, 2.75) is 37.5 Å². The standard InChI is InChI=1S/C13H27N5O4/c1-17(8-13(21)22)16-12(20)5-10(15)4-11(19)7-18-3-2-9(14)6-18/h9-11,19H,2-8,14-15H2,1H3,(H,16,20)(H,21,22)/t9-,10-,11?/m1/s1. The van der Waals surface area contributed by atoms with Crippen LogP contribution in [-0.2, 0) is 9.59 Å². The van der Waals surface area contributed by atoms with Crippen LogP contribution in [0, 0.1) is 0 Å². The van der Waals surface area contributed by atoms with Crippen molar-refractivity contribution in [2.24, 2.45) is 11.5 Å². The number of likely N-dealkylation sites (tertiary alicyclic amines) is 1. The molecule has 0 aromatic rings. The molecule has 0 radical (unpaired) electrons. The number of β-amino-alcohol motifs (C(OH)–C–C–N with tert-alkyl or cyclic N) is 1. The fourth-order valence-corrected chi connectivity index (χ4v) is 2.57. The number of nitrogens with one attached hydrogen (secondary N) is 1. The van der Waals surface area contributed by atoms with E-state index in [1.165, 1.54) is 12.1 Å². The topological polar surface area (TPSA) is 145 Å². The van der Waals surface area contributed by atoms with E-state index in [0.717, 1.165) is 19.5 Å². The average Bonchev–Trinajstić information content (AvgIpc) is 2.72. The molecule has 1 saturated heterocycles. The monoisotopic (exact) mass is 317 g/mol. The van der Waals surface area contributed by atoms with E-state index < -0.39 is 18.1 Å². The number of carbonyl (C=O) groups excluding carboxylic acids is 1. The molecule has 7 N–H and O–H groups in total. The van der Waals surface area contributed by atoms with Crippen molar-refractivity contribution in [3.05, 3.63) is 0 Å². The summed E-state index contributed by atoms with van der Waals surface area (Å²) in [6.07, 6.45) is 0.657. The minimum absolute atomic E-state index is 0.0283. The van der Waals surface area contributed by atoms with Crippen molar-refractivity contribution < 1.29 is 19.8 Å². The van der Waals surface area contributed by atoms with Gasteiger partial charge in [0.25, 0.3) is 0 Å². The molecule has 9 heteroatoms. The van der Waals surface area contributed by atoms with E-state index in [9.17, 15) is 14.7 Å². The lowest BCUT2D eigenvalue weighted by Crippen LogP contribution is -2.45. The first-order valence-corrected chi connectivity index (χ1v) is 7.40. The molecule has 0 saturated carbocycles. The predicted octanol–water partition coefficient (Wildman–Crippen LogP) is -2.46. The molecule has 22 heavy (non-hydrogen) atoms. The van der Waals surface area contributed by atoms with Gasteiger partial charge in [-0.25, -0.2) is 5.01 Å². The Balaban J connectivity index is 2.22. The van der Waals surface area contributed by atoms with E-state index in [1.54, 1.807) is 0 Å². The van der Waals surface area contributed by atoms with Gasteiger partial charge in [0.1, 0.15) is 6.54 Å². The Labute approximate surface area is 130 Å². The number of rotatable bonds is 9. The lowest BCUT2D eigenvalue weighted by molar-refractivity contribution is -0.139. The number of amides is 1. The number of nitrogens with zero attached hydrogens (tertiary/aromatic N) is 2. The third kappa shape index (κ3) is 7.66. The molecule has 0 aliphatic carbocycles. The zero-order chi connectivity index (χ0) is 16.7. The SMILES string of the molecule is CN(CC(=O)O)NC(=O)C[C@H](N)CC(O)CN1CC[C@@H](N)C1. The second-order valence-electron chi connectivity index (χ2n) is 5.95. The molecule has 0 aromatic carbocycles. The van der Waals surface area contributed by atoms with Gasteiger partial charge in [0.05, 0.1) is 6.10 Å². The van der Waals surface area contributed by atoms with Gasteiger partial charge in [-0.1, -0.05) is 0 Å². The second kappa shape index (κ2) is 9.01. The van der Waals surface area contributed by atoms with Crippen LogP contribution < -0.4 is 16.9 Å². The largest absolute Gasteiger partial charge is 0.480 e. The average molecular weight is 317 g/mol. The molecule has 9 nitrogen and oxygen atoms in total. The number of hydrazine groups is 1. The van der Waals surface area contributed by atoms with E-state index in [-0.39, 0.29) is 24.9 Å². The van der Waals surface area contributed by atoms with E-state index in [0.29, 0.717) is 13.0 Å². The second-order valence-corrected chi connectivity index (χ2v) is 5.95. The normalized spacial score (nSPS) is 21.8. The summed E-state index contributed by atoms with van der Waals surface area (Å²) in [5.74, 6) is -1.40. The van der Waals surface area contributed by atoms with Gasteiger partial charge in [0.15, 0.2) is 0 Å². The number of carbonyl (C=O) groups is 2. The summed E-state index contributed by atoms with van der Waals surface area (Å²) in [4.78, 5) is 24.2. The maximum atomic E-state index is 11.7. The van der Waals surface area contributed by atoms with Crippen LogP contribution in [0.5, 0.6) is 0 Å². The summed E-state index contributed by atoms with van der Waals surface area (Å²) in [6, 6.07) is -0.319. The summed E-state index contributed by atoms with van der Waals surface area (Å²) in [6.45, 7) is 1.85. The molecule has 1 fully saturated rings. The molecule has 1 amide bonds. The van der Waals surface area contributed by atoms with Gasteiger partial charge in [-0.3, -0.25) is 19.9 Å². The van der Waals surface area contributed by atoms with Crippen molar-refractivity contribution in [2.75, 3.05) is 33.2 Å². The fourth-order valence-electron chi connectivity index (χ4n) is 2.57. The smallest absolute Gasteiger partial charge is 0.319 e. The molecule has 3 atom stereocenters. The first-order chi connectivity index (χ1) is 10.3. The summed E-state index contributed by atoms with van der Waals surface area (Å²) >= 11 is 0. The van der Waals surface area contributed by atoms with Crippen LogP contribution in [0.15, 0.2) is 0 Å². The number of nitrogens with two attached hydrogens (primary N) is 2. The van der Waals surface area contributed by atoms with Crippen LogP contribution in [0.4, 0.5) is 0 Å². The molecular weight excluding hydrogens is 290 g/mol. The Morgan fingerprint density at radius 2 is 2.18 bits per heavy atom. The fraction of sp³-hybridized carbons (Fsp3) is 0.846. The van der Waals surface area contributed by atoms with Gasteiger partial charge in [0.2, 0.25) is 5.91 Å². The summed E-state index contributed by atoms with van der Waals surface area (Å²) in [5, 5.41) is 19.8. The van der Waals surface area contributed by atoms with E-state index in [4.69, 9.17) is 16.6 Å². The Hall–Kier alpha value is -1.26. The molecule has 0 spiro atoms. The predicted molar refractivity (Wildman–Crippen MR) is 80.7 cm³/mol. The Kier molecular flexibility index (Phi) is 7.69. The van der Waals surface area contributed by atoms with Crippen LogP contribution in [0.25, 0.3) is 0 Å². The third-order valence-electron chi connectivity index (χ3n) is 3.49. The van der Waals surface area contributed by atoms with E-state index in [1.807, 2.05) is 0 Å². The number of carboxylic acid groups (broad SMARTS) is 1. The minimum atomic E-state index is -1.04. The number of hydrogen-bond donors (Lipinski definition) is 5. The number of aliphatic hydroxyl groups excluding tert-OH is 1. The molecule has 1 heterocycles. The highest BCUT2D eigenvalue weighted by molar-refractivity contribution is 5.76. The van der Waals surface area contributed by atoms with Gasteiger partial charge in [-0.05, 0) is 19.4 Å². The molecule has 128 valence electrons. The molecule has 0 aromatic heterocycles. The number of aliphatic carboxylic acids is 1. The summed E-state index contributed by atoms with van der Waals surface area (Å²) in [5.41, 5.74) is 14.1. The minimum Gasteiger partial charge on any atom is -0.480 e. The molecule has 1 unspecified atom stereocenters.